The third-order valence-electron chi connectivity index (χ3n) is 4.87. The van der Waals surface area contributed by atoms with Crippen LogP contribution in [0.2, 0.25) is 0 Å². The van der Waals surface area contributed by atoms with Crippen LogP contribution in [0.1, 0.15) is 12.1 Å². The fourth-order valence-electron chi connectivity index (χ4n) is 3.36. The molecular weight excluding hydrogens is 386 g/mol. The first-order valence-electron chi connectivity index (χ1n) is 9.82. The Hall–Kier alpha value is -2.65. The van der Waals surface area contributed by atoms with E-state index in [9.17, 15) is 4.79 Å². The lowest BCUT2D eigenvalue weighted by atomic mass is 10.3. The third kappa shape index (κ3) is 5.24. The van der Waals surface area contributed by atoms with Gasteiger partial charge in [-0.05, 0) is 32.0 Å². The minimum absolute atomic E-state index is 0.0986. The van der Waals surface area contributed by atoms with E-state index in [0.717, 1.165) is 62.4 Å². The van der Waals surface area contributed by atoms with E-state index < -0.39 is 0 Å². The van der Waals surface area contributed by atoms with E-state index in [-0.39, 0.29) is 5.56 Å². The molecule has 0 unspecified atom stereocenters. The van der Waals surface area contributed by atoms with Crippen molar-refractivity contribution in [1.29, 1.82) is 0 Å². The van der Waals surface area contributed by atoms with Gasteiger partial charge in [0.2, 0.25) is 5.95 Å². The number of H-pyrrole nitrogens is 1. The summed E-state index contributed by atoms with van der Waals surface area (Å²) in [5.41, 5.74) is 0.879. The number of aryl methyl sites for hydroxylation is 1. The molecule has 0 aromatic carbocycles. The second-order valence-corrected chi connectivity index (χ2v) is 8.11. The number of hydrogen-bond acceptors (Lipinski definition) is 7. The second kappa shape index (κ2) is 9.23. The summed E-state index contributed by atoms with van der Waals surface area (Å²) < 4.78 is 1.94. The summed E-state index contributed by atoms with van der Waals surface area (Å²) in [6.07, 6.45) is 6.55. The zero-order valence-electron chi connectivity index (χ0n) is 16.5. The van der Waals surface area contributed by atoms with Crippen molar-refractivity contribution >= 4 is 17.6 Å². The standard InChI is InChI=1S/C20H25N7OS/c1-16-15-17(23-19(22-16)27-8-2-3-9-27)26-12-10-25(11-13-26)7-4-14-29-20-21-6-5-18(28)24-20/h2-3,5-6,8-9,15H,4,7,10-14H2,1H3,(H,21,24,28). The van der Waals surface area contributed by atoms with Gasteiger partial charge < -0.3 is 9.88 Å². The molecule has 152 valence electrons. The fourth-order valence-corrected chi connectivity index (χ4v) is 4.14. The second-order valence-electron chi connectivity index (χ2n) is 7.03. The third-order valence-corrected chi connectivity index (χ3v) is 5.84. The zero-order chi connectivity index (χ0) is 20.1. The van der Waals surface area contributed by atoms with Crippen LogP contribution in [0.3, 0.4) is 0 Å². The molecule has 4 rings (SSSR count). The Morgan fingerprint density at radius 1 is 1.14 bits per heavy atom. The van der Waals surface area contributed by atoms with Crippen LogP contribution in [0.5, 0.6) is 0 Å². The highest BCUT2D eigenvalue weighted by molar-refractivity contribution is 7.99. The summed E-state index contributed by atoms with van der Waals surface area (Å²) in [6.45, 7) is 7.03. The van der Waals surface area contributed by atoms with Crippen LogP contribution in [-0.4, -0.2) is 67.9 Å². The molecule has 9 heteroatoms. The smallest absolute Gasteiger partial charge is 0.251 e. The number of nitrogens with zero attached hydrogens (tertiary/aromatic N) is 6. The maximum atomic E-state index is 11.3. The van der Waals surface area contributed by atoms with Gasteiger partial charge in [0.15, 0.2) is 5.16 Å². The van der Waals surface area contributed by atoms with Gasteiger partial charge in [0.1, 0.15) is 5.82 Å². The molecule has 0 spiro atoms. The van der Waals surface area contributed by atoms with E-state index >= 15 is 0 Å². The molecule has 0 aliphatic carbocycles. The molecule has 3 aromatic heterocycles. The molecule has 0 saturated carbocycles. The van der Waals surface area contributed by atoms with Gasteiger partial charge in [-0.3, -0.25) is 14.3 Å². The summed E-state index contributed by atoms with van der Waals surface area (Å²) in [5, 5.41) is 0.694. The van der Waals surface area contributed by atoms with E-state index in [1.807, 2.05) is 36.0 Å². The first-order valence-corrected chi connectivity index (χ1v) is 10.8. The topological polar surface area (TPSA) is 82.9 Å². The van der Waals surface area contributed by atoms with E-state index in [0.29, 0.717) is 5.16 Å². The highest BCUT2D eigenvalue weighted by Crippen LogP contribution is 2.18. The molecule has 0 radical (unpaired) electrons. The summed E-state index contributed by atoms with van der Waals surface area (Å²) in [7, 11) is 0. The molecule has 1 N–H and O–H groups in total. The molecule has 0 bridgehead atoms. The Morgan fingerprint density at radius 2 is 1.93 bits per heavy atom. The monoisotopic (exact) mass is 411 g/mol. The zero-order valence-corrected chi connectivity index (χ0v) is 17.3. The van der Waals surface area contributed by atoms with Crippen LogP contribution < -0.4 is 10.5 Å². The van der Waals surface area contributed by atoms with Crippen LogP contribution in [0.4, 0.5) is 5.82 Å². The van der Waals surface area contributed by atoms with E-state index in [4.69, 9.17) is 4.98 Å². The number of hydrogen-bond donors (Lipinski definition) is 1. The van der Waals surface area contributed by atoms with E-state index in [2.05, 4.69) is 30.8 Å². The van der Waals surface area contributed by atoms with Crippen LogP contribution in [-0.2, 0) is 0 Å². The average Bonchev–Trinajstić information content (AvgIpc) is 3.26. The summed E-state index contributed by atoms with van der Waals surface area (Å²) in [5.74, 6) is 2.66. The summed E-state index contributed by atoms with van der Waals surface area (Å²) in [6, 6.07) is 7.46. The molecule has 0 amide bonds. The Labute approximate surface area is 174 Å². The normalized spacial score (nSPS) is 15.0. The molecule has 8 nitrogen and oxygen atoms in total. The van der Waals surface area contributed by atoms with Crippen molar-refractivity contribution in [3.63, 3.8) is 0 Å². The quantitative estimate of drug-likeness (QED) is 0.361. The molecule has 1 aliphatic heterocycles. The number of piperazine rings is 1. The number of nitrogens with one attached hydrogen (secondary N) is 1. The van der Waals surface area contributed by atoms with E-state index in [1.165, 1.54) is 6.07 Å². The van der Waals surface area contributed by atoms with Crippen molar-refractivity contribution < 1.29 is 0 Å². The highest BCUT2D eigenvalue weighted by Gasteiger charge is 2.19. The number of aromatic amines is 1. The summed E-state index contributed by atoms with van der Waals surface area (Å²) in [4.78, 5) is 32.4. The number of rotatable bonds is 7. The van der Waals surface area contributed by atoms with Crippen molar-refractivity contribution in [2.24, 2.45) is 0 Å². The van der Waals surface area contributed by atoms with Gasteiger partial charge in [0, 0.05) is 68.3 Å². The van der Waals surface area contributed by atoms with Crippen molar-refractivity contribution in [3.8, 4) is 5.95 Å². The maximum Gasteiger partial charge on any atom is 0.251 e. The van der Waals surface area contributed by atoms with Crippen LogP contribution in [0.15, 0.2) is 52.8 Å². The van der Waals surface area contributed by atoms with Crippen molar-refractivity contribution in [2.45, 2.75) is 18.5 Å². The molecular formula is C20H25N7OS. The van der Waals surface area contributed by atoms with Crippen LogP contribution in [0.25, 0.3) is 5.95 Å². The number of thioether (sulfide) groups is 1. The number of aromatic nitrogens is 5. The molecule has 3 aromatic rings. The SMILES string of the molecule is Cc1cc(N2CCN(CCCSc3nccc(=O)[nH]3)CC2)nc(-n2cccc2)n1. The Morgan fingerprint density at radius 3 is 2.69 bits per heavy atom. The lowest BCUT2D eigenvalue weighted by Crippen LogP contribution is -2.47. The van der Waals surface area contributed by atoms with Crippen molar-refractivity contribution in [2.75, 3.05) is 43.4 Å². The predicted octanol–water partition coefficient (Wildman–Crippen LogP) is 1.96. The van der Waals surface area contributed by atoms with Crippen molar-refractivity contribution in [3.05, 3.63) is 58.9 Å². The van der Waals surface area contributed by atoms with E-state index in [1.54, 1.807) is 18.0 Å². The number of anilines is 1. The van der Waals surface area contributed by atoms with Crippen LogP contribution >= 0.6 is 11.8 Å². The average molecular weight is 412 g/mol. The predicted molar refractivity (Wildman–Crippen MR) is 115 cm³/mol. The van der Waals surface area contributed by atoms with Gasteiger partial charge in [-0.15, -0.1) is 0 Å². The largest absolute Gasteiger partial charge is 0.354 e. The molecule has 0 atom stereocenters. The first-order chi connectivity index (χ1) is 14.2. The maximum absolute atomic E-state index is 11.3. The van der Waals surface area contributed by atoms with Gasteiger partial charge in [-0.2, -0.15) is 4.98 Å². The molecule has 1 fully saturated rings. The molecule has 29 heavy (non-hydrogen) atoms. The summed E-state index contributed by atoms with van der Waals surface area (Å²) >= 11 is 1.60. The van der Waals surface area contributed by atoms with Crippen molar-refractivity contribution in [1.82, 2.24) is 29.4 Å². The van der Waals surface area contributed by atoms with Gasteiger partial charge in [-0.1, -0.05) is 11.8 Å². The Bertz CT molecular complexity index is 980. The fraction of sp³-hybridized carbons (Fsp3) is 0.400. The van der Waals surface area contributed by atoms with Crippen LogP contribution in [0, 0.1) is 6.92 Å². The Kier molecular flexibility index (Phi) is 6.26. The highest BCUT2D eigenvalue weighted by atomic mass is 32.2. The minimum Gasteiger partial charge on any atom is -0.354 e. The lowest BCUT2D eigenvalue weighted by molar-refractivity contribution is 0.258. The Balaban J connectivity index is 1.26. The lowest BCUT2D eigenvalue weighted by Gasteiger charge is -2.35. The molecule has 1 saturated heterocycles. The van der Waals surface area contributed by atoms with Gasteiger partial charge >= 0.3 is 0 Å². The molecule has 4 heterocycles. The molecule has 1 aliphatic rings. The van der Waals surface area contributed by atoms with Gasteiger partial charge in [0.25, 0.3) is 5.56 Å². The van der Waals surface area contributed by atoms with Gasteiger partial charge in [-0.25, -0.2) is 9.97 Å². The van der Waals surface area contributed by atoms with Gasteiger partial charge in [0.05, 0.1) is 0 Å². The minimum atomic E-state index is -0.0986. The first kappa shape index (κ1) is 19.7.